The average Bonchev–Trinajstić information content (AvgIpc) is 3.36. The Hall–Kier alpha value is -3.59. The Morgan fingerprint density at radius 1 is 1.04 bits per heavy atom. The van der Waals surface area contributed by atoms with Gasteiger partial charge in [-0.3, -0.25) is 14.3 Å². The Labute approximate surface area is 163 Å². The maximum atomic E-state index is 12.7. The van der Waals surface area contributed by atoms with Crippen LogP contribution < -0.4 is 5.32 Å². The maximum Gasteiger partial charge on any atom is 0.414 e. The lowest BCUT2D eigenvalue weighted by Crippen LogP contribution is -2.23. The highest BCUT2D eigenvalue weighted by Gasteiger charge is 2.24. The third-order valence-corrected chi connectivity index (χ3v) is 4.86. The van der Waals surface area contributed by atoms with Gasteiger partial charge in [-0.25, -0.2) is 9.59 Å². The Balaban J connectivity index is 0.000000330. The number of carboxylic acid groups (broad SMARTS) is 2. The van der Waals surface area contributed by atoms with E-state index < -0.39 is 11.9 Å². The molecule has 0 aliphatic carbocycles. The first-order valence-electron chi connectivity index (χ1n) is 8.06. The molecule has 1 aromatic carbocycles. The van der Waals surface area contributed by atoms with E-state index in [9.17, 15) is 4.79 Å². The molecule has 142 valence electrons. The van der Waals surface area contributed by atoms with Crippen molar-refractivity contribution in [2.45, 2.75) is 5.37 Å². The van der Waals surface area contributed by atoms with Crippen LogP contribution in [0.15, 0.2) is 72.2 Å². The highest BCUT2D eigenvalue weighted by molar-refractivity contribution is 8.02. The van der Waals surface area contributed by atoms with Crippen LogP contribution in [-0.4, -0.2) is 37.6 Å². The Kier molecular flexibility index (Phi) is 5.75. The molecule has 8 nitrogen and oxygen atoms in total. The Morgan fingerprint density at radius 2 is 1.79 bits per heavy atom. The number of carboxylic acids is 2. The molecule has 1 aliphatic heterocycles. The highest BCUT2D eigenvalue weighted by Crippen LogP contribution is 2.34. The summed E-state index contributed by atoms with van der Waals surface area (Å²) in [5, 5.41) is 21.0. The van der Waals surface area contributed by atoms with E-state index in [4.69, 9.17) is 19.8 Å². The summed E-state index contributed by atoms with van der Waals surface area (Å²) in [4.78, 5) is 35.0. The van der Waals surface area contributed by atoms with Gasteiger partial charge in [-0.1, -0.05) is 24.3 Å². The van der Waals surface area contributed by atoms with Gasteiger partial charge < -0.3 is 15.5 Å². The number of thioether (sulfide) groups is 1. The number of allylic oxidation sites excluding steroid dienone is 1. The number of carbonyl (C=O) groups excluding carboxylic acids is 1. The van der Waals surface area contributed by atoms with Crippen LogP contribution in [0.25, 0.3) is 10.9 Å². The fourth-order valence-corrected chi connectivity index (χ4v) is 3.47. The molecule has 0 radical (unpaired) electrons. The minimum Gasteiger partial charge on any atom is -0.473 e. The lowest BCUT2D eigenvalue weighted by atomic mass is 10.2. The molecular formula is C19H15N3O5S. The van der Waals surface area contributed by atoms with Crippen LogP contribution in [0.4, 0.5) is 0 Å². The predicted octanol–water partition coefficient (Wildman–Crippen LogP) is 2.71. The van der Waals surface area contributed by atoms with Crippen molar-refractivity contribution < 1.29 is 24.6 Å². The minimum absolute atomic E-state index is 0.0366. The van der Waals surface area contributed by atoms with Crippen molar-refractivity contribution in [2.75, 3.05) is 0 Å². The van der Waals surface area contributed by atoms with Crippen LogP contribution in [0.3, 0.4) is 0 Å². The average molecular weight is 397 g/mol. The summed E-state index contributed by atoms with van der Waals surface area (Å²) in [5.41, 5.74) is 2.59. The van der Waals surface area contributed by atoms with Crippen LogP contribution in [0.2, 0.25) is 0 Å². The molecule has 3 N–H and O–H groups in total. The quantitative estimate of drug-likeness (QED) is 0.564. The van der Waals surface area contributed by atoms with Crippen molar-refractivity contribution in [1.82, 2.24) is 14.9 Å². The van der Waals surface area contributed by atoms with Crippen molar-refractivity contribution >= 4 is 40.5 Å². The number of pyridine rings is 1. The lowest BCUT2D eigenvalue weighted by molar-refractivity contribution is -0.159. The highest BCUT2D eigenvalue weighted by atomic mass is 32.2. The number of para-hydroxylation sites is 1. The minimum atomic E-state index is -1.82. The third-order valence-electron chi connectivity index (χ3n) is 3.83. The molecule has 0 saturated heterocycles. The van der Waals surface area contributed by atoms with Crippen LogP contribution in [-0.2, 0) is 9.59 Å². The number of benzene rings is 1. The summed E-state index contributed by atoms with van der Waals surface area (Å²) < 4.78 is 1.68. The molecule has 1 unspecified atom stereocenters. The number of nitrogens with zero attached hydrogens (tertiary/aromatic N) is 2. The van der Waals surface area contributed by atoms with E-state index >= 15 is 0 Å². The van der Waals surface area contributed by atoms with E-state index in [1.807, 2.05) is 60.3 Å². The van der Waals surface area contributed by atoms with Crippen LogP contribution in [0.5, 0.6) is 0 Å². The van der Waals surface area contributed by atoms with E-state index in [0.29, 0.717) is 5.70 Å². The molecule has 4 rings (SSSR count). The molecule has 9 heteroatoms. The van der Waals surface area contributed by atoms with Gasteiger partial charge >= 0.3 is 11.9 Å². The number of hydrogen-bond donors (Lipinski definition) is 3. The Bertz CT molecular complexity index is 1050. The van der Waals surface area contributed by atoms with Gasteiger partial charge in [-0.2, -0.15) is 0 Å². The zero-order valence-corrected chi connectivity index (χ0v) is 15.2. The summed E-state index contributed by atoms with van der Waals surface area (Å²) in [6, 6.07) is 13.7. The summed E-state index contributed by atoms with van der Waals surface area (Å²) in [5.74, 6) is -3.69. The van der Waals surface area contributed by atoms with E-state index in [0.717, 1.165) is 16.5 Å². The first-order valence-corrected chi connectivity index (χ1v) is 9.01. The van der Waals surface area contributed by atoms with Crippen molar-refractivity contribution in [3.63, 3.8) is 0 Å². The molecule has 28 heavy (non-hydrogen) atoms. The summed E-state index contributed by atoms with van der Waals surface area (Å²) in [7, 11) is 0. The second kappa shape index (κ2) is 8.40. The number of fused-ring (bicyclic) bond motifs is 1. The molecule has 0 amide bonds. The van der Waals surface area contributed by atoms with Crippen molar-refractivity contribution in [3.05, 3.63) is 77.7 Å². The number of nitrogens with one attached hydrogen (secondary N) is 1. The zero-order chi connectivity index (χ0) is 20.1. The lowest BCUT2D eigenvalue weighted by Gasteiger charge is -2.12. The standard InChI is InChI=1S/C17H13N3OS.C2H2O4/c21-17(20-9-7-12-4-1-2-6-15(12)20)14-11-22-16(19-14)13-5-3-8-18-10-13;3-1(4)2(5)6/h1-11,16,19H;(H,3,4)(H,5,6). The van der Waals surface area contributed by atoms with Crippen LogP contribution in [0, 0.1) is 0 Å². The predicted molar refractivity (Wildman–Crippen MR) is 104 cm³/mol. The van der Waals surface area contributed by atoms with E-state index in [1.165, 1.54) is 0 Å². The normalized spacial score (nSPS) is 15.1. The van der Waals surface area contributed by atoms with Gasteiger partial charge in [0.25, 0.3) is 5.91 Å². The smallest absolute Gasteiger partial charge is 0.414 e. The molecule has 0 bridgehead atoms. The first-order chi connectivity index (χ1) is 13.5. The molecule has 0 saturated carbocycles. The number of rotatable bonds is 2. The zero-order valence-electron chi connectivity index (χ0n) is 14.4. The monoisotopic (exact) mass is 397 g/mol. The second-order valence-electron chi connectivity index (χ2n) is 5.64. The fraction of sp³-hybridized carbons (Fsp3) is 0.0526. The molecule has 2 aromatic heterocycles. The summed E-state index contributed by atoms with van der Waals surface area (Å²) in [6.45, 7) is 0. The summed E-state index contributed by atoms with van der Waals surface area (Å²) in [6.07, 6.45) is 5.38. The van der Waals surface area contributed by atoms with Gasteiger partial charge in [0.2, 0.25) is 0 Å². The molecule has 3 heterocycles. The molecular weight excluding hydrogens is 382 g/mol. The van der Waals surface area contributed by atoms with Gasteiger partial charge in [0.1, 0.15) is 11.1 Å². The van der Waals surface area contributed by atoms with Crippen LogP contribution in [0.1, 0.15) is 15.7 Å². The Morgan fingerprint density at radius 3 is 2.46 bits per heavy atom. The van der Waals surface area contributed by atoms with Crippen molar-refractivity contribution in [2.24, 2.45) is 0 Å². The SMILES string of the molecule is O=C(C1=CSC(c2cccnc2)N1)n1ccc2ccccc21.O=C(O)C(=O)O. The van der Waals surface area contributed by atoms with Gasteiger partial charge in [0.05, 0.1) is 5.52 Å². The first kappa shape index (κ1) is 19.2. The number of aromatic nitrogens is 2. The molecule has 0 fully saturated rings. The number of aliphatic carboxylic acids is 2. The van der Waals surface area contributed by atoms with Gasteiger partial charge in [0, 0.05) is 34.9 Å². The van der Waals surface area contributed by atoms with Crippen molar-refractivity contribution in [1.29, 1.82) is 0 Å². The topological polar surface area (TPSA) is 122 Å². The van der Waals surface area contributed by atoms with Crippen LogP contribution >= 0.6 is 11.8 Å². The molecule has 1 aliphatic rings. The van der Waals surface area contributed by atoms with E-state index in [1.54, 1.807) is 22.5 Å². The largest absolute Gasteiger partial charge is 0.473 e. The second-order valence-corrected chi connectivity index (χ2v) is 6.62. The molecule has 3 aromatic rings. The fourth-order valence-electron chi connectivity index (χ4n) is 2.54. The van der Waals surface area contributed by atoms with E-state index in [2.05, 4.69) is 10.3 Å². The van der Waals surface area contributed by atoms with Gasteiger partial charge in [0.15, 0.2) is 0 Å². The van der Waals surface area contributed by atoms with E-state index in [-0.39, 0.29) is 11.3 Å². The van der Waals surface area contributed by atoms with Crippen molar-refractivity contribution in [3.8, 4) is 0 Å². The number of carbonyl (C=O) groups is 3. The van der Waals surface area contributed by atoms with Gasteiger partial charge in [-0.15, -0.1) is 11.8 Å². The molecule has 1 atom stereocenters. The third kappa shape index (κ3) is 4.21. The van der Waals surface area contributed by atoms with Gasteiger partial charge in [-0.05, 0) is 18.2 Å². The maximum absolute atomic E-state index is 12.7. The summed E-state index contributed by atoms with van der Waals surface area (Å²) >= 11 is 1.59. The number of hydrogen-bond acceptors (Lipinski definition) is 6. The molecule has 0 spiro atoms.